The second-order valence-electron chi connectivity index (χ2n) is 5.66. The third-order valence-electron chi connectivity index (χ3n) is 3.99. The van der Waals surface area contributed by atoms with Gasteiger partial charge in [0.25, 0.3) is 5.91 Å². The number of rotatable bonds is 4. The Hall–Kier alpha value is -2.83. The summed E-state index contributed by atoms with van der Waals surface area (Å²) in [6.07, 6.45) is 0.429. The molecule has 3 rings (SSSR count). The molecule has 1 aliphatic carbocycles. The van der Waals surface area contributed by atoms with Crippen LogP contribution in [-0.2, 0) is 4.79 Å². The summed E-state index contributed by atoms with van der Waals surface area (Å²) in [6, 6.07) is 6.72. The number of anilines is 1. The molecule has 124 valence electrons. The van der Waals surface area contributed by atoms with Gasteiger partial charge in [0.2, 0.25) is 5.91 Å². The highest BCUT2D eigenvalue weighted by atomic mass is 19.1. The van der Waals surface area contributed by atoms with Gasteiger partial charge in [-0.15, -0.1) is 0 Å². The average Bonchev–Trinajstić information content (AvgIpc) is 3.29. The summed E-state index contributed by atoms with van der Waals surface area (Å²) in [5.74, 6) is -4.27. The van der Waals surface area contributed by atoms with E-state index in [9.17, 15) is 22.8 Å². The van der Waals surface area contributed by atoms with Crippen molar-refractivity contribution in [1.82, 2.24) is 0 Å². The van der Waals surface area contributed by atoms with Crippen LogP contribution in [0.3, 0.4) is 0 Å². The third-order valence-corrected chi connectivity index (χ3v) is 3.99. The number of nitrogens with two attached hydrogens (primary N) is 1. The molecule has 1 saturated carbocycles. The minimum absolute atomic E-state index is 0.223. The predicted molar refractivity (Wildman–Crippen MR) is 80.8 cm³/mol. The Bertz CT molecular complexity index is 839. The van der Waals surface area contributed by atoms with Gasteiger partial charge in [-0.25, -0.2) is 13.2 Å². The lowest BCUT2D eigenvalue weighted by molar-refractivity contribution is -0.117. The van der Waals surface area contributed by atoms with Crippen molar-refractivity contribution in [3.63, 3.8) is 0 Å². The van der Waals surface area contributed by atoms with Crippen LogP contribution in [0.1, 0.15) is 28.3 Å². The van der Waals surface area contributed by atoms with E-state index in [1.54, 1.807) is 0 Å². The van der Waals surface area contributed by atoms with Crippen LogP contribution >= 0.6 is 0 Å². The minimum Gasteiger partial charge on any atom is -0.366 e. The van der Waals surface area contributed by atoms with Crippen molar-refractivity contribution in [2.24, 2.45) is 11.7 Å². The fraction of sp³-hybridized carbons (Fsp3) is 0.176. The third kappa shape index (κ3) is 3.10. The molecule has 2 atom stereocenters. The van der Waals surface area contributed by atoms with E-state index in [0.717, 1.165) is 24.3 Å². The van der Waals surface area contributed by atoms with Gasteiger partial charge in [0.15, 0.2) is 0 Å². The summed E-state index contributed by atoms with van der Waals surface area (Å²) in [5.41, 5.74) is 5.23. The largest absolute Gasteiger partial charge is 0.366 e. The summed E-state index contributed by atoms with van der Waals surface area (Å²) in [7, 11) is 0. The maximum Gasteiger partial charge on any atom is 0.251 e. The molecule has 0 heterocycles. The molecule has 4 nitrogen and oxygen atoms in total. The van der Waals surface area contributed by atoms with E-state index in [1.165, 1.54) is 12.1 Å². The summed E-state index contributed by atoms with van der Waals surface area (Å²) in [6.45, 7) is 0. The van der Waals surface area contributed by atoms with Crippen LogP contribution in [0.25, 0.3) is 0 Å². The zero-order chi connectivity index (χ0) is 17.4. The van der Waals surface area contributed by atoms with E-state index in [1.807, 2.05) is 0 Å². The molecule has 0 radical (unpaired) electrons. The van der Waals surface area contributed by atoms with Gasteiger partial charge in [0, 0.05) is 17.7 Å². The Morgan fingerprint density at radius 2 is 1.79 bits per heavy atom. The molecule has 3 N–H and O–H groups in total. The molecule has 0 bridgehead atoms. The zero-order valence-electron chi connectivity index (χ0n) is 12.4. The van der Waals surface area contributed by atoms with Crippen molar-refractivity contribution in [1.29, 1.82) is 0 Å². The molecular weight excluding hydrogens is 321 g/mol. The van der Waals surface area contributed by atoms with Crippen LogP contribution in [-0.4, -0.2) is 11.8 Å². The van der Waals surface area contributed by atoms with Gasteiger partial charge in [0.1, 0.15) is 17.5 Å². The second-order valence-corrected chi connectivity index (χ2v) is 5.66. The molecule has 1 fully saturated rings. The van der Waals surface area contributed by atoms with Crippen LogP contribution < -0.4 is 11.1 Å². The van der Waals surface area contributed by atoms with Crippen LogP contribution in [0.2, 0.25) is 0 Å². The summed E-state index contributed by atoms with van der Waals surface area (Å²) in [4.78, 5) is 23.3. The van der Waals surface area contributed by atoms with Crippen molar-refractivity contribution in [2.75, 3.05) is 5.32 Å². The van der Waals surface area contributed by atoms with E-state index in [-0.39, 0.29) is 28.6 Å². The minimum atomic E-state index is -0.943. The Balaban J connectivity index is 1.71. The van der Waals surface area contributed by atoms with E-state index in [2.05, 4.69) is 5.32 Å². The number of carbonyl (C=O) groups is 2. The Kier molecular flexibility index (Phi) is 4.01. The van der Waals surface area contributed by atoms with E-state index in [4.69, 9.17) is 5.73 Å². The average molecular weight is 334 g/mol. The highest BCUT2D eigenvalue weighted by Crippen LogP contribution is 2.48. The molecular formula is C17H13F3N2O2. The highest BCUT2D eigenvalue weighted by Gasteiger charge is 2.45. The second kappa shape index (κ2) is 5.99. The highest BCUT2D eigenvalue weighted by molar-refractivity contribution is 5.98. The number of carbonyl (C=O) groups excluding carboxylic acids is 2. The number of hydrogen-bond acceptors (Lipinski definition) is 2. The molecule has 0 spiro atoms. The number of halogens is 3. The Morgan fingerprint density at radius 3 is 2.46 bits per heavy atom. The molecule has 0 unspecified atom stereocenters. The van der Waals surface area contributed by atoms with Crippen molar-refractivity contribution in [2.45, 2.75) is 12.3 Å². The number of primary amides is 1. The van der Waals surface area contributed by atoms with Crippen molar-refractivity contribution in [3.8, 4) is 0 Å². The summed E-state index contributed by atoms with van der Waals surface area (Å²) < 4.78 is 40.1. The lowest BCUT2D eigenvalue weighted by Gasteiger charge is -2.07. The van der Waals surface area contributed by atoms with Crippen molar-refractivity contribution < 1.29 is 22.8 Å². The topological polar surface area (TPSA) is 72.2 Å². The maximum absolute atomic E-state index is 13.7. The van der Waals surface area contributed by atoms with E-state index >= 15 is 0 Å². The number of benzene rings is 2. The molecule has 24 heavy (non-hydrogen) atoms. The van der Waals surface area contributed by atoms with E-state index in [0.29, 0.717) is 6.42 Å². The van der Waals surface area contributed by atoms with Gasteiger partial charge >= 0.3 is 0 Å². The van der Waals surface area contributed by atoms with Gasteiger partial charge in [0.05, 0.1) is 5.56 Å². The van der Waals surface area contributed by atoms with Crippen molar-refractivity contribution in [3.05, 3.63) is 65.0 Å². The zero-order valence-corrected chi connectivity index (χ0v) is 12.4. The van der Waals surface area contributed by atoms with Crippen LogP contribution in [0.15, 0.2) is 36.4 Å². The predicted octanol–water partition coefficient (Wildman–Crippen LogP) is 2.95. The molecule has 2 aromatic carbocycles. The first-order valence-electron chi connectivity index (χ1n) is 7.22. The first-order valence-corrected chi connectivity index (χ1v) is 7.22. The maximum atomic E-state index is 13.7. The molecule has 2 amide bonds. The lowest BCUT2D eigenvalue weighted by Crippen LogP contribution is -2.17. The molecule has 0 saturated heterocycles. The smallest absolute Gasteiger partial charge is 0.251 e. The van der Waals surface area contributed by atoms with Crippen LogP contribution in [0.5, 0.6) is 0 Å². The van der Waals surface area contributed by atoms with Gasteiger partial charge in [-0.3, -0.25) is 9.59 Å². The monoisotopic (exact) mass is 334 g/mol. The standard InChI is InChI=1S/C17H13F3N2O2/c18-8-1-3-10(15(20)5-8)11-7-12(11)17(24)22-9-2-4-14(19)13(6-9)16(21)23/h1-6,11-12H,7H2,(H2,21,23)(H,22,24)/t11-,12-/m0/s1. The number of amides is 2. The summed E-state index contributed by atoms with van der Waals surface area (Å²) in [5, 5.41) is 2.55. The van der Waals surface area contributed by atoms with Gasteiger partial charge in [-0.2, -0.15) is 0 Å². The fourth-order valence-electron chi connectivity index (χ4n) is 2.66. The van der Waals surface area contributed by atoms with Gasteiger partial charge in [-0.05, 0) is 42.2 Å². The van der Waals surface area contributed by atoms with Crippen molar-refractivity contribution >= 4 is 17.5 Å². The van der Waals surface area contributed by atoms with Crippen LogP contribution in [0.4, 0.5) is 18.9 Å². The SMILES string of the molecule is NC(=O)c1cc(NC(=O)[C@H]2C[C@H]2c2ccc(F)cc2F)ccc1F. The van der Waals surface area contributed by atoms with Crippen LogP contribution in [0, 0.1) is 23.4 Å². The number of hydrogen-bond donors (Lipinski definition) is 2. The van der Waals surface area contributed by atoms with Gasteiger partial charge in [-0.1, -0.05) is 6.07 Å². The van der Waals surface area contributed by atoms with E-state index < -0.39 is 29.3 Å². The molecule has 1 aliphatic rings. The number of nitrogens with one attached hydrogen (secondary N) is 1. The Morgan fingerprint density at radius 1 is 1.04 bits per heavy atom. The molecule has 0 aliphatic heterocycles. The summed E-state index contributed by atoms with van der Waals surface area (Å²) >= 11 is 0. The first kappa shape index (κ1) is 16.0. The quantitative estimate of drug-likeness (QED) is 0.902. The first-order chi connectivity index (χ1) is 11.4. The van der Waals surface area contributed by atoms with Gasteiger partial charge < -0.3 is 11.1 Å². The fourth-order valence-corrected chi connectivity index (χ4v) is 2.66. The Labute approximate surface area is 135 Å². The normalized spacial score (nSPS) is 19.0. The molecule has 0 aromatic heterocycles. The lowest BCUT2D eigenvalue weighted by atomic mass is 10.1. The molecule has 2 aromatic rings. The molecule has 7 heteroatoms.